The van der Waals surface area contributed by atoms with E-state index in [2.05, 4.69) is 0 Å². The van der Waals surface area contributed by atoms with Gasteiger partial charge in [0.15, 0.2) is 0 Å². The van der Waals surface area contributed by atoms with Gasteiger partial charge in [-0.1, -0.05) is 0 Å². The molecule has 0 radical (unpaired) electrons. The first-order valence-corrected chi connectivity index (χ1v) is 5.88. The molecule has 1 fully saturated rings. The van der Waals surface area contributed by atoms with Gasteiger partial charge in [-0.25, -0.2) is 9.59 Å². The first-order valence-electron chi connectivity index (χ1n) is 5.88. The molecule has 0 spiro atoms. The second kappa shape index (κ2) is 5.56. The average Bonchev–Trinajstić information content (AvgIpc) is 2.69. The van der Waals surface area contributed by atoms with Crippen LogP contribution in [0.2, 0.25) is 0 Å². The predicted octanol–water partition coefficient (Wildman–Crippen LogP) is 1.18. The zero-order chi connectivity index (χ0) is 13.9. The van der Waals surface area contributed by atoms with E-state index in [1.54, 1.807) is 27.9 Å². The number of methoxy groups -OCH3 is 2. The van der Waals surface area contributed by atoms with Crippen LogP contribution in [0.15, 0.2) is 0 Å². The van der Waals surface area contributed by atoms with Crippen LogP contribution in [0.25, 0.3) is 0 Å². The summed E-state index contributed by atoms with van der Waals surface area (Å²) in [4.78, 5) is 25.0. The lowest BCUT2D eigenvalue weighted by atomic mass is 10.2. The molecule has 2 atom stereocenters. The number of carbonyl (C=O) groups excluding carboxylic acids is 2. The van der Waals surface area contributed by atoms with Crippen molar-refractivity contribution in [3.05, 3.63) is 0 Å². The Kier molecular flexibility index (Phi) is 4.56. The van der Waals surface area contributed by atoms with Crippen molar-refractivity contribution in [3.8, 4) is 0 Å². The summed E-state index contributed by atoms with van der Waals surface area (Å²) in [5.74, 6) is -0.444. The van der Waals surface area contributed by atoms with Gasteiger partial charge in [0.2, 0.25) is 0 Å². The molecule has 0 N–H and O–H groups in total. The second-order valence-electron chi connectivity index (χ2n) is 5.27. The Bertz CT molecular complexity index is 323. The quantitative estimate of drug-likeness (QED) is 0.697. The third kappa shape index (κ3) is 3.60. The van der Waals surface area contributed by atoms with Crippen LogP contribution in [0.4, 0.5) is 4.79 Å². The van der Waals surface area contributed by atoms with E-state index in [0.717, 1.165) is 0 Å². The van der Waals surface area contributed by atoms with Crippen LogP contribution in [0, 0.1) is 0 Å². The Labute approximate surface area is 107 Å². The highest BCUT2D eigenvalue weighted by Crippen LogP contribution is 2.23. The van der Waals surface area contributed by atoms with Gasteiger partial charge in [0, 0.05) is 13.5 Å². The summed E-state index contributed by atoms with van der Waals surface area (Å²) in [7, 11) is 2.85. The Morgan fingerprint density at radius 3 is 2.28 bits per heavy atom. The Morgan fingerprint density at radius 2 is 1.83 bits per heavy atom. The highest BCUT2D eigenvalue weighted by atomic mass is 16.6. The molecule has 0 aromatic carbocycles. The van der Waals surface area contributed by atoms with Gasteiger partial charge >= 0.3 is 12.1 Å². The fourth-order valence-electron chi connectivity index (χ4n) is 1.85. The third-order valence-electron chi connectivity index (χ3n) is 2.70. The smallest absolute Gasteiger partial charge is 0.411 e. The van der Waals surface area contributed by atoms with E-state index in [-0.39, 0.29) is 6.10 Å². The van der Waals surface area contributed by atoms with Gasteiger partial charge in [-0.05, 0) is 20.8 Å². The highest BCUT2D eigenvalue weighted by molar-refractivity contribution is 5.82. The normalized spacial score (nSPS) is 23.9. The van der Waals surface area contributed by atoms with Crippen molar-refractivity contribution < 1.29 is 23.8 Å². The molecule has 18 heavy (non-hydrogen) atoms. The Morgan fingerprint density at radius 1 is 1.22 bits per heavy atom. The van der Waals surface area contributed by atoms with E-state index < -0.39 is 23.7 Å². The fraction of sp³-hybridized carbons (Fsp3) is 0.833. The average molecular weight is 259 g/mol. The molecular weight excluding hydrogens is 238 g/mol. The summed E-state index contributed by atoms with van der Waals surface area (Å²) in [5.41, 5.74) is -0.594. The number of rotatable bonds is 2. The molecule has 1 heterocycles. The first kappa shape index (κ1) is 14.8. The zero-order valence-corrected chi connectivity index (χ0v) is 11.6. The van der Waals surface area contributed by atoms with E-state index in [0.29, 0.717) is 13.0 Å². The minimum atomic E-state index is -0.630. The number of likely N-dealkylation sites (tertiary alicyclic amines) is 1. The molecule has 1 aliphatic rings. The van der Waals surface area contributed by atoms with Gasteiger partial charge in [0.05, 0.1) is 19.8 Å². The van der Waals surface area contributed by atoms with E-state index in [1.165, 1.54) is 12.0 Å². The van der Waals surface area contributed by atoms with Gasteiger partial charge in [0.1, 0.15) is 11.6 Å². The molecular formula is C12H21NO5. The molecule has 1 saturated heterocycles. The Hall–Kier alpha value is -1.30. The third-order valence-corrected chi connectivity index (χ3v) is 2.70. The largest absolute Gasteiger partial charge is 0.467 e. The molecule has 0 saturated carbocycles. The lowest BCUT2D eigenvalue weighted by Crippen LogP contribution is -2.44. The van der Waals surface area contributed by atoms with Crippen molar-refractivity contribution in [2.24, 2.45) is 0 Å². The number of ether oxygens (including phenoxy) is 3. The predicted molar refractivity (Wildman–Crippen MR) is 64.2 cm³/mol. The molecule has 0 aliphatic carbocycles. The monoisotopic (exact) mass is 259 g/mol. The number of esters is 1. The molecule has 1 rings (SSSR count). The van der Waals surface area contributed by atoms with Crippen molar-refractivity contribution in [2.45, 2.75) is 44.9 Å². The van der Waals surface area contributed by atoms with Crippen LogP contribution in [-0.2, 0) is 19.0 Å². The van der Waals surface area contributed by atoms with Crippen molar-refractivity contribution >= 4 is 12.1 Å². The van der Waals surface area contributed by atoms with E-state index in [4.69, 9.17) is 14.2 Å². The van der Waals surface area contributed by atoms with Crippen molar-refractivity contribution in [1.29, 1.82) is 0 Å². The van der Waals surface area contributed by atoms with Crippen LogP contribution in [-0.4, -0.2) is 55.5 Å². The minimum Gasteiger partial charge on any atom is -0.467 e. The number of nitrogens with zero attached hydrogens (tertiary/aromatic N) is 1. The second-order valence-corrected chi connectivity index (χ2v) is 5.27. The fourth-order valence-corrected chi connectivity index (χ4v) is 1.85. The number of hydrogen-bond donors (Lipinski definition) is 0. The molecule has 2 unspecified atom stereocenters. The zero-order valence-electron chi connectivity index (χ0n) is 11.6. The van der Waals surface area contributed by atoms with Crippen molar-refractivity contribution in [3.63, 3.8) is 0 Å². The SMILES string of the molecule is COC(=O)C1CC(OC)CN1C(=O)OC(C)(C)C. The van der Waals surface area contributed by atoms with Gasteiger partial charge in [-0.3, -0.25) is 4.90 Å². The van der Waals surface area contributed by atoms with E-state index in [9.17, 15) is 9.59 Å². The maximum Gasteiger partial charge on any atom is 0.411 e. The van der Waals surface area contributed by atoms with Gasteiger partial charge in [-0.15, -0.1) is 0 Å². The van der Waals surface area contributed by atoms with E-state index in [1.807, 2.05) is 0 Å². The minimum absolute atomic E-state index is 0.165. The van der Waals surface area contributed by atoms with Crippen LogP contribution in [0.5, 0.6) is 0 Å². The lowest BCUT2D eigenvalue weighted by Gasteiger charge is -2.27. The van der Waals surface area contributed by atoms with Gasteiger partial charge in [-0.2, -0.15) is 0 Å². The molecule has 1 amide bonds. The van der Waals surface area contributed by atoms with Crippen LogP contribution in [0.1, 0.15) is 27.2 Å². The van der Waals surface area contributed by atoms with Crippen molar-refractivity contribution in [1.82, 2.24) is 4.90 Å². The first-order chi connectivity index (χ1) is 8.28. The molecule has 0 aromatic rings. The highest BCUT2D eigenvalue weighted by Gasteiger charge is 2.42. The topological polar surface area (TPSA) is 65.1 Å². The summed E-state index contributed by atoms with van der Waals surface area (Å²) in [5, 5.41) is 0. The Balaban J connectivity index is 2.77. The van der Waals surface area contributed by atoms with Crippen molar-refractivity contribution in [2.75, 3.05) is 20.8 Å². The molecule has 0 bridgehead atoms. The maximum absolute atomic E-state index is 12.0. The summed E-state index contributed by atoms with van der Waals surface area (Å²) >= 11 is 0. The number of amides is 1. The maximum atomic E-state index is 12.0. The summed E-state index contributed by atoms with van der Waals surface area (Å²) in [6.45, 7) is 5.68. The van der Waals surface area contributed by atoms with Gasteiger partial charge in [0.25, 0.3) is 0 Å². The summed E-state index contributed by atoms with van der Waals surface area (Å²) in [6, 6.07) is -0.630. The van der Waals surface area contributed by atoms with Gasteiger partial charge < -0.3 is 14.2 Å². The van der Waals surface area contributed by atoms with Crippen LogP contribution < -0.4 is 0 Å². The molecule has 6 heteroatoms. The lowest BCUT2D eigenvalue weighted by molar-refractivity contribution is -0.145. The summed E-state index contributed by atoms with van der Waals surface area (Å²) in [6.07, 6.45) is -0.248. The van der Waals surface area contributed by atoms with Crippen LogP contribution in [0.3, 0.4) is 0 Å². The van der Waals surface area contributed by atoms with E-state index >= 15 is 0 Å². The summed E-state index contributed by atoms with van der Waals surface area (Å²) < 4.78 is 15.1. The molecule has 6 nitrogen and oxygen atoms in total. The standard InChI is InChI=1S/C12H21NO5/c1-12(2,3)18-11(15)13-7-8(16-4)6-9(13)10(14)17-5/h8-9H,6-7H2,1-5H3. The number of hydrogen-bond acceptors (Lipinski definition) is 5. The molecule has 1 aliphatic heterocycles. The number of carbonyl (C=O) groups is 2. The molecule has 104 valence electrons. The molecule has 0 aromatic heterocycles. The van der Waals surface area contributed by atoms with Crippen LogP contribution >= 0.6 is 0 Å².